The first-order valence-electron chi connectivity index (χ1n) is 3.63. The number of nitrogens with zero attached hydrogens (tertiary/aromatic N) is 1. The highest BCUT2D eigenvalue weighted by Crippen LogP contribution is 2.00. The summed E-state index contributed by atoms with van der Waals surface area (Å²) < 4.78 is 0. The van der Waals surface area contributed by atoms with Crippen LogP contribution in [0.25, 0.3) is 0 Å². The molecule has 0 heterocycles. The highest BCUT2D eigenvalue weighted by atomic mass is 32.2. The Morgan fingerprint density at radius 3 is 2.83 bits per heavy atom. The summed E-state index contributed by atoms with van der Waals surface area (Å²) in [7, 11) is 0. The lowest BCUT2D eigenvalue weighted by atomic mass is 10.4. The number of hydrogen-bond donors (Lipinski definition) is 3. The molecule has 0 atom stereocenters. The first-order chi connectivity index (χ1) is 5.70. The molecule has 0 saturated carbocycles. The molecule has 0 radical (unpaired) electrons. The average Bonchev–Trinajstić information content (AvgIpc) is 2.04. The van der Waals surface area contributed by atoms with E-state index in [1.807, 2.05) is 6.92 Å². The number of amides is 1. The Balaban J connectivity index is 3.37. The van der Waals surface area contributed by atoms with E-state index in [0.29, 0.717) is 23.9 Å². The number of rotatable bonds is 4. The second kappa shape index (κ2) is 6.78. The third-order valence-electron chi connectivity index (χ3n) is 1.08. The summed E-state index contributed by atoms with van der Waals surface area (Å²) in [4.78, 5) is 10.9. The monoisotopic (exact) mass is 190 g/mol. The molecule has 0 rings (SSSR count). The van der Waals surface area contributed by atoms with Crippen molar-refractivity contribution in [3.8, 4) is 0 Å². The predicted octanol–water partition coefficient (Wildman–Crippen LogP) is -0.566. The van der Waals surface area contributed by atoms with Gasteiger partial charge in [-0.1, -0.05) is 11.8 Å². The molecule has 1 amide bonds. The fourth-order valence-corrected chi connectivity index (χ4v) is 1.14. The highest BCUT2D eigenvalue weighted by molar-refractivity contribution is 8.13. The van der Waals surface area contributed by atoms with Gasteiger partial charge in [-0.3, -0.25) is 4.79 Å². The van der Waals surface area contributed by atoms with Crippen LogP contribution in [0.15, 0.2) is 5.10 Å². The fraction of sp³-hybridized carbons (Fsp3) is 0.667. The van der Waals surface area contributed by atoms with Gasteiger partial charge in [0.05, 0.1) is 0 Å². The zero-order valence-electron chi connectivity index (χ0n) is 7.04. The molecular formula is C6H14N4OS. The van der Waals surface area contributed by atoms with Crippen molar-refractivity contribution < 1.29 is 4.79 Å². The quantitative estimate of drug-likeness (QED) is 0.239. The molecule has 70 valence electrons. The van der Waals surface area contributed by atoms with Crippen LogP contribution >= 0.6 is 11.8 Å². The van der Waals surface area contributed by atoms with Crippen LogP contribution in [0.2, 0.25) is 0 Å². The molecule has 5 nitrogen and oxygen atoms in total. The third-order valence-corrected chi connectivity index (χ3v) is 1.89. The molecule has 0 aromatic carbocycles. The first kappa shape index (κ1) is 11.1. The molecule has 0 aromatic heterocycles. The minimum Gasteiger partial charge on any atom is -0.377 e. The maximum atomic E-state index is 10.9. The number of amidine groups is 1. The molecule has 0 aliphatic rings. The molecule has 6 heteroatoms. The summed E-state index contributed by atoms with van der Waals surface area (Å²) in [6.45, 7) is 2.53. The van der Waals surface area contributed by atoms with Crippen molar-refractivity contribution in [3.63, 3.8) is 0 Å². The summed E-state index contributed by atoms with van der Waals surface area (Å²) in [5.41, 5.74) is 5.29. The van der Waals surface area contributed by atoms with Crippen molar-refractivity contribution in [2.75, 3.05) is 12.3 Å². The summed E-state index contributed by atoms with van der Waals surface area (Å²) in [6, 6.07) is 0. The maximum Gasteiger partial charge on any atom is 0.220 e. The molecule has 0 bridgehead atoms. The Kier molecular flexibility index (Phi) is 6.26. The average molecular weight is 190 g/mol. The van der Waals surface area contributed by atoms with Gasteiger partial charge >= 0.3 is 0 Å². The van der Waals surface area contributed by atoms with E-state index < -0.39 is 0 Å². The van der Waals surface area contributed by atoms with Gasteiger partial charge in [0.2, 0.25) is 5.91 Å². The van der Waals surface area contributed by atoms with Crippen LogP contribution in [0.1, 0.15) is 13.3 Å². The smallest absolute Gasteiger partial charge is 0.220 e. The SMILES string of the molecule is CCNC(=O)CCSC(N)=NN. The van der Waals surface area contributed by atoms with Crippen molar-refractivity contribution in [3.05, 3.63) is 0 Å². The minimum atomic E-state index is 0.0230. The zero-order chi connectivity index (χ0) is 9.40. The third kappa shape index (κ3) is 5.84. The fourth-order valence-electron chi connectivity index (χ4n) is 0.571. The van der Waals surface area contributed by atoms with Crippen LogP contribution in [-0.2, 0) is 4.79 Å². The van der Waals surface area contributed by atoms with E-state index in [0.717, 1.165) is 0 Å². The minimum absolute atomic E-state index is 0.0230. The van der Waals surface area contributed by atoms with E-state index in [2.05, 4.69) is 10.4 Å². The number of nitrogens with one attached hydrogen (secondary N) is 1. The normalized spacial score (nSPS) is 11.2. The molecule has 0 saturated heterocycles. The number of thioether (sulfide) groups is 1. The molecule has 0 fully saturated rings. The maximum absolute atomic E-state index is 10.9. The Morgan fingerprint density at radius 1 is 1.67 bits per heavy atom. The van der Waals surface area contributed by atoms with Crippen LogP contribution in [-0.4, -0.2) is 23.4 Å². The number of hydrogen-bond acceptors (Lipinski definition) is 4. The molecule has 0 unspecified atom stereocenters. The Morgan fingerprint density at radius 2 is 2.33 bits per heavy atom. The lowest BCUT2D eigenvalue weighted by molar-refractivity contribution is -0.120. The van der Waals surface area contributed by atoms with Crippen molar-refractivity contribution >= 4 is 22.8 Å². The number of carbonyl (C=O) groups excluding carboxylic acids is 1. The zero-order valence-corrected chi connectivity index (χ0v) is 7.86. The van der Waals surface area contributed by atoms with E-state index in [1.54, 1.807) is 0 Å². The van der Waals surface area contributed by atoms with Crippen molar-refractivity contribution in [2.45, 2.75) is 13.3 Å². The second-order valence-corrected chi connectivity index (χ2v) is 3.13. The van der Waals surface area contributed by atoms with Gasteiger partial charge < -0.3 is 16.9 Å². The van der Waals surface area contributed by atoms with Crippen LogP contribution < -0.4 is 16.9 Å². The van der Waals surface area contributed by atoms with Gasteiger partial charge in [-0.05, 0) is 6.92 Å². The Bertz CT molecular complexity index is 171. The Hall–Kier alpha value is -0.910. The summed E-state index contributed by atoms with van der Waals surface area (Å²) in [5.74, 6) is 5.52. The van der Waals surface area contributed by atoms with E-state index >= 15 is 0 Å². The molecule has 0 aliphatic heterocycles. The van der Waals surface area contributed by atoms with Gasteiger partial charge in [-0.2, -0.15) is 5.10 Å². The molecule has 5 N–H and O–H groups in total. The molecule has 0 aromatic rings. The summed E-state index contributed by atoms with van der Waals surface area (Å²) in [6.07, 6.45) is 0.439. The largest absolute Gasteiger partial charge is 0.377 e. The molecule has 0 aliphatic carbocycles. The molecule has 0 spiro atoms. The van der Waals surface area contributed by atoms with E-state index in [-0.39, 0.29) is 5.91 Å². The predicted molar refractivity (Wildman–Crippen MR) is 51.6 cm³/mol. The standard InChI is InChI=1S/C6H14N4OS/c1-2-9-5(11)3-4-12-6(7)10-8/h2-4,8H2,1H3,(H2,7,10)(H,9,11). The van der Waals surface area contributed by atoms with Gasteiger partial charge in [0, 0.05) is 18.7 Å². The van der Waals surface area contributed by atoms with Gasteiger partial charge in [0.15, 0.2) is 5.17 Å². The lowest BCUT2D eigenvalue weighted by Gasteiger charge is -2.00. The Labute approximate surface area is 75.9 Å². The number of hydrazone groups is 1. The van der Waals surface area contributed by atoms with Crippen LogP contribution in [0.3, 0.4) is 0 Å². The lowest BCUT2D eigenvalue weighted by Crippen LogP contribution is -2.23. The highest BCUT2D eigenvalue weighted by Gasteiger charge is 1.99. The number of carbonyl (C=O) groups is 1. The van der Waals surface area contributed by atoms with Gasteiger partial charge in [-0.25, -0.2) is 0 Å². The van der Waals surface area contributed by atoms with Crippen LogP contribution in [0.4, 0.5) is 0 Å². The van der Waals surface area contributed by atoms with E-state index in [4.69, 9.17) is 11.6 Å². The molecule has 12 heavy (non-hydrogen) atoms. The molecular weight excluding hydrogens is 176 g/mol. The van der Waals surface area contributed by atoms with Gasteiger partial charge in [0.1, 0.15) is 0 Å². The van der Waals surface area contributed by atoms with E-state index in [1.165, 1.54) is 11.8 Å². The van der Waals surface area contributed by atoms with E-state index in [9.17, 15) is 4.79 Å². The summed E-state index contributed by atoms with van der Waals surface area (Å²) >= 11 is 1.27. The van der Waals surface area contributed by atoms with Crippen molar-refractivity contribution in [2.24, 2.45) is 16.7 Å². The van der Waals surface area contributed by atoms with Crippen LogP contribution in [0.5, 0.6) is 0 Å². The van der Waals surface area contributed by atoms with Crippen molar-refractivity contribution in [1.82, 2.24) is 5.32 Å². The van der Waals surface area contributed by atoms with Crippen molar-refractivity contribution in [1.29, 1.82) is 0 Å². The van der Waals surface area contributed by atoms with Crippen LogP contribution in [0, 0.1) is 0 Å². The second-order valence-electron chi connectivity index (χ2n) is 2.02. The van der Waals surface area contributed by atoms with Gasteiger partial charge in [-0.15, -0.1) is 0 Å². The first-order valence-corrected chi connectivity index (χ1v) is 4.62. The van der Waals surface area contributed by atoms with Gasteiger partial charge in [0.25, 0.3) is 0 Å². The topological polar surface area (TPSA) is 93.5 Å². The number of nitrogens with two attached hydrogens (primary N) is 2. The summed E-state index contributed by atoms with van der Waals surface area (Å²) in [5, 5.41) is 6.23.